The molecule has 0 aliphatic rings. The fourth-order valence-corrected chi connectivity index (χ4v) is 1.52. The lowest BCUT2D eigenvalue weighted by Crippen LogP contribution is -2.40. The number of carbonyl (C=O) groups excluding carboxylic acids is 1. The Morgan fingerprint density at radius 1 is 1.50 bits per heavy atom. The molecule has 0 aliphatic heterocycles. The van der Waals surface area contributed by atoms with Crippen molar-refractivity contribution in [2.75, 3.05) is 27.2 Å². The summed E-state index contributed by atoms with van der Waals surface area (Å²) in [6.45, 7) is 2.58. The molecule has 0 bridgehead atoms. The van der Waals surface area contributed by atoms with Gasteiger partial charge in [0.2, 0.25) is 5.91 Å². The average Bonchev–Trinajstić information content (AvgIpc) is 2.27. The van der Waals surface area contributed by atoms with Crippen molar-refractivity contribution in [3.63, 3.8) is 0 Å². The molecular formula is C11H18N4O3. The van der Waals surface area contributed by atoms with Crippen LogP contribution in [-0.4, -0.2) is 47.5 Å². The molecule has 0 unspecified atom stereocenters. The van der Waals surface area contributed by atoms with Crippen molar-refractivity contribution >= 4 is 5.91 Å². The predicted octanol–water partition coefficient (Wildman–Crippen LogP) is -1.48. The molecule has 1 rings (SSSR count). The second-order valence-electron chi connectivity index (χ2n) is 4.16. The Balaban J connectivity index is 2.67. The van der Waals surface area contributed by atoms with Crippen LogP contribution in [0.4, 0.5) is 0 Å². The lowest BCUT2D eigenvalue weighted by Gasteiger charge is -2.15. The number of rotatable bonds is 5. The smallest absolute Gasteiger partial charge is 0.328 e. The zero-order valence-electron chi connectivity index (χ0n) is 10.8. The molecule has 0 aliphatic carbocycles. The van der Waals surface area contributed by atoms with Gasteiger partial charge in [0, 0.05) is 31.9 Å². The summed E-state index contributed by atoms with van der Waals surface area (Å²) in [6.07, 6.45) is 0. The van der Waals surface area contributed by atoms with Crippen LogP contribution in [0.1, 0.15) is 5.69 Å². The van der Waals surface area contributed by atoms with Crippen LogP contribution in [0, 0.1) is 6.92 Å². The van der Waals surface area contributed by atoms with Crippen LogP contribution in [-0.2, 0) is 11.3 Å². The van der Waals surface area contributed by atoms with Crippen molar-refractivity contribution in [2.45, 2.75) is 13.5 Å². The number of nitrogens with one attached hydrogen (secondary N) is 2. The molecule has 0 saturated heterocycles. The van der Waals surface area contributed by atoms with Crippen molar-refractivity contribution in [3.05, 3.63) is 32.6 Å². The van der Waals surface area contributed by atoms with Crippen LogP contribution in [0.5, 0.6) is 0 Å². The first-order chi connectivity index (χ1) is 8.43. The zero-order chi connectivity index (χ0) is 13.7. The van der Waals surface area contributed by atoms with Gasteiger partial charge in [0.25, 0.3) is 5.56 Å². The van der Waals surface area contributed by atoms with Crippen molar-refractivity contribution in [2.24, 2.45) is 0 Å². The number of nitrogens with zero attached hydrogens (tertiary/aromatic N) is 2. The molecule has 1 amide bonds. The Hall–Kier alpha value is -1.89. The van der Waals surface area contributed by atoms with E-state index in [1.165, 1.54) is 6.07 Å². The van der Waals surface area contributed by atoms with E-state index in [0.717, 1.165) is 4.57 Å². The summed E-state index contributed by atoms with van der Waals surface area (Å²) in [5, 5.41) is 2.51. The van der Waals surface area contributed by atoms with E-state index < -0.39 is 5.69 Å². The molecule has 7 heteroatoms. The highest BCUT2D eigenvalue weighted by molar-refractivity contribution is 5.77. The quantitative estimate of drug-likeness (QED) is 0.671. The number of likely N-dealkylation sites (N-methyl/N-ethyl adjacent to an activating group) is 2. The minimum atomic E-state index is -0.423. The van der Waals surface area contributed by atoms with Crippen LogP contribution >= 0.6 is 0 Å². The van der Waals surface area contributed by atoms with Gasteiger partial charge in [-0.2, -0.15) is 0 Å². The maximum atomic E-state index is 11.6. The van der Waals surface area contributed by atoms with E-state index in [1.54, 1.807) is 25.9 Å². The Bertz CT molecular complexity index is 501. The number of H-pyrrole nitrogens is 1. The second-order valence-corrected chi connectivity index (χ2v) is 4.16. The van der Waals surface area contributed by atoms with Crippen LogP contribution in [0.25, 0.3) is 0 Å². The van der Waals surface area contributed by atoms with Gasteiger partial charge in [-0.15, -0.1) is 0 Å². The van der Waals surface area contributed by atoms with E-state index in [-0.39, 0.29) is 24.6 Å². The SMILES string of the molecule is CNC(=O)CN(C)CCn1c(=O)cc(C)[nH]c1=O. The molecule has 1 aromatic heterocycles. The Morgan fingerprint density at radius 3 is 2.72 bits per heavy atom. The number of aryl methyl sites for hydroxylation is 1. The topological polar surface area (TPSA) is 87.2 Å². The van der Waals surface area contributed by atoms with E-state index in [4.69, 9.17) is 0 Å². The first-order valence-electron chi connectivity index (χ1n) is 5.64. The van der Waals surface area contributed by atoms with Crippen LogP contribution in [0.3, 0.4) is 0 Å². The van der Waals surface area contributed by atoms with Crippen molar-refractivity contribution < 1.29 is 4.79 Å². The summed E-state index contributed by atoms with van der Waals surface area (Å²) in [5.41, 5.74) is -0.210. The number of aromatic nitrogens is 2. The van der Waals surface area contributed by atoms with Crippen LogP contribution < -0.4 is 16.6 Å². The molecule has 1 heterocycles. The molecule has 0 radical (unpaired) electrons. The number of hydrogen-bond acceptors (Lipinski definition) is 4. The summed E-state index contributed by atoms with van der Waals surface area (Å²) < 4.78 is 1.12. The molecule has 0 saturated carbocycles. The summed E-state index contributed by atoms with van der Waals surface area (Å²) in [4.78, 5) is 38.6. The highest BCUT2D eigenvalue weighted by atomic mass is 16.2. The van der Waals surface area contributed by atoms with E-state index >= 15 is 0 Å². The molecule has 0 fully saturated rings. The zero-order valence-corrected chi connectivity index (χ0v) is 10.8. The third kappa shape index (κ3) is 3.85. The molecule has 0 atom stereocenters. The predicted molar refractivity (Wildman–Crippen MR) is 67.6 cm³/mol. The molecular weight excluding hydrogens is 236 g/mol. The fourth-order valence-electron chi connectivity index (χ4n) is 1.52. The molecule has 0 aromatic carbocycles. The lowest BCUT2D eigenvalue weighted by molar-refractivity contribution is -0.121. The van der Waals surface area contributed by atoms with Gasteiger partial charge in [-0.25, -0.2) is 4.79 Å². The Morgan fingerprint density at radius 2 is 2.17 bits per heavy atom. The standard InChI is InChI=1S/C11H18N4O3/c1-8-6-10(17)15(11(18)13-8)5-4-14(3)7-9(16)12-2/h6H,4-5,7H2,1-3H3,(H,12,16)(H,13,18). The molecule has 7 nitrogen and oxygen atoms in total. The summed E-state index contributed by atoms with van der Waals surface area (Å²) in [5.74, 6) is -0.109. The Kier molecular flexibility index (Phi) is 4.85. The monoisotopic (exact) mass is 254 g/mol. The summed E-state index contributed by atoms with van der Waals surface area (Å²) in [6, 6.07) is 1.38. The lowest BCUT2D eigenvalue weighted by atomic mass is 10.4. The minimum absolute atomic E-state index is 0.109. The number of carbonyl (C=O) groups is 1. The molecule has 100 valence electrons. The third-order valence-corrected chi connectivity index (χ3v) is 2.55. The molecule has 0 spiro atoms. The van der Waals surface area contributed by atoms with Crippen molar-refractivity contribution in [1.29, 1.82) is 0 Å². The summed E-state index contributed by atoms with van der Waals surface area (Å²) >= 11 is 0. The molecule has 2 N–H and O–H groups in total. The average molecular weight is 254 g/mol. The first kappa shape index (κ1) is 14.2. The van der Waals surface area contributed by atoms with Gasteiger partial charge in [0.15, 0.2) is 0 Å². The van der Waals surface area contributed by atoms with Crippen LogP contribution in [0.15, 0.2) is 15.7 Å². The van der Waals surface area contributed by atoms with Gasteiger partial charge in [-0.3, -0.25) is 19.1 Å². The highest BCUT2D eigenvalue weighted by Crippen LogP contribution is 1.85. The van der Waals surface area contributed by atoms with Gasteiger partial charge in [0.05, 0.1) is 6.54 Å². The number of hydrogen-bond donors (Lipinski definition) is 2. The van der Waals surface area contributed by atoms with E-state index in [2.05, 4.69) is 10.3 Å². The summed E-state index contributed by atoms with van der Waals surface area (Å²) in [7, 11) is 3.31. The van der Waals surface area contributed by atoms with Crippen LogP contribution in [0.2, 0.25) is 0 Å². The van der Waals surface area contributed by atoms with E-state index in [0.29, 0.717) is 12.2 Å². The fraction of sp³-hybridized carbons (Fsp3) is 0.545. The highest BCUT2D eigenvalue weighted by Gasteiger charge is 2.07. The second kappa shape index (κ2) is 6.15. The molecule has 18 heavy (non-hydrogen) atoms. The van der Waals surface area contributed by atoms with Gasteiger partial charge in [0.1, 0.15) is 0 Å². The van der Waals surface area contributed by atoms with Crippen molar-refractivity contribution in [1.82, 2.24) is 19.8 Å². The van der Waals surface area contributed by atoms with Gasteiger partial charge in [-0.1, -0.05) is 0 Å². The maximum absolute atomic E-state index is 11.6. The largest absolute Gasteiger partial charge is 0.358 e. The Labute approximate surface area is 104 Å². The normalized spacial score (nSPS) is 10.7. The van der Waals surface area contributed by atoms with Gasteiger partial charge >= 0.3 is 5.69 Å². The van der Waals surface area contributed by atoms with Crippen molar-refractivity contribution in [3.8, 4) is 0 Å². The minimum Gasteiger partial charge on any atom is -0.358 e. The maximum Gasteiger partial charge on any atom is 0.328 e. The number of amides is 1. The van der Waals surface area contributed by atoms with E-state index in [9.17, 15) is 14.4 Å². The number of aromatic amines is 1. The van der Waals surface area contributed by atoms with Gasteiger partial charge in [-0.05, 0) is 14.0 Å². The molecule has 1 aromatic rings. The van der Waals surface area contributed by atoms with E-state index in [1.807, 2.05) is 0 Å². The third-order valence-electron chi connectivity index (χ3n) is 2.55. The first-order valence-corrected chi connectivity index (χ1v) is 5.64. The van der Waals surface area contributed by atoms with Gasteiger partial charge < -0.3 is 10.3 Å².